The Bertz CT molecular complexity index is 240. The molecule has 1 saturated heterocycles. The van der Waals surface area contributed by atoms with Gasteiger partial charge in [-0.2, -0.15) is 0 Å². The molecule has 3 nitrogen and oxygen atoms in total. The Morgan fingerprint density at radius 3 is 2.62 bits per heavy atom. The smallest absolute Gasteiger partial charge is 0.242 e. The van der Waals surface area contributed by atoms with Gasteiger partial charge in [0.1, 0.15) is 0 Å². The minimum atomic E-state index is -0.415. The van der Waals surface area contributed by atoms with Crippen molar-refractivity contribution < 1.29 is 9.59 Å². The highest BCUT2D eigenvalue weighted by molar-refractivity contribution is 8.02. The number of thioether (sulfide) groups is 1. The summed E-state index contributed by atoms with van der Waals surface area (Å²) >= 11 is 1.45. The SMILES string of the molecule is CC(C)CC1(C)SCC(=O)NC1=O. The summed E-state index contributed by atoms with van der Waals surface area (Å²) in [5.41, 5.74) is 0. The van der Waals surface area contributed by atoms with Crippen LogP contribution >= 0.6 is 11.8 Å². The molecule has 1 rings (SSSR count). The van der Waals surface area contributed by atoms with Crippen LogP contribution in [0.5, 0.6) is 0 Å². The van der Waals surface area contributed by atoms with E-state index < -0.39 is 4.75 Å². The Hall–Kier alpha value is -0.510. The second kappa shape index (κ2) is 3.70. The molecule has 0 aromatic heterocycles. The molecule has 74 valence electrons. The van der Waals surface area contributed by atoms with Crippen LogP contribution in [0.15, 0.2) is 0 Å². The minimum absolute atomic E-state index is 0.137. The Morgan fingerprint density at radius 1 is 1.54 bits per heavy atom. The van der Waals surface area contributed by atoms with E-state index in [1.54, 1.807) is 0 Å². The van der Waals surface area contributed by atoms with Crippen LogP contribution in [-0.4, -0.2) is 22.3 Å². The number of carbonyl (C=O) groups excluding carboxylic acids is 2. The first-order valence-electron chi connectivity index (χ1n) is 4.42. The van der Waals surface area contributed by atoms with Crippen molar-refractivity contribution in [3.63, 3.8) is 0 Å². The van der Waals surface area contributed by atoms with Crippen LogP contribution in [0, 0.1) is 5.92 Å². The summed E-state index contributed by atoms with van der Waals surface area (Å²) in [4.78, 5) is 22.4. The lowest BCUT2D eigenvalue weighted by Gasteiger charge is -2.32. The number of rotatable bonds is 2. The van der Waals surface area contributed by atoms with E-state index in [1.165, 1.54) is 11.8 Å². The van der Waals surface area contributed by atoms with Gasteiger partial charge < -0.3 is 0 Å². The summed E-state index contributed by atoms with van der Waals surface area (Å²) in [6.07, 6.45) is 0.816. The normalized spacial score (nSPS) is 29.2. The van der Waals surface area contributed by atoms with E-state index in [0.29, 0.717) is 11.7 Å². The Morgan fingerprint density at radius 2 is 2.15 bits per heavy atom. The maximum absolute atomic E-state index is 11.5. The predicted octanol–water partition coefficient (Wildman–Crippen LogP) is 1.18. The van der Waals surface area contributed by atoms with Gasteiger partial charge in [0.2, 0.25) is 11.8 Å². The van der Waals surface area contributed by atoms with Crippen molar-refractivity contribution in [3.05, 3.63) is 0 Å². The average Bonchev–Trinajstić information content (AvgIpc) is 1.97. The van der Waals surface area contributed by atoms with E-state index >= 15 is 0 Å². The Kier molecular flexibility index (Phi) is 3.01. The van der Waals surface area contributed by atoms with Crippen molar-refractivity contribution in [2.45, 2.75) is 31.9 Å². The van der Waals surface area contributed by atoms with Crippen LogP contribution in [0.2, 0.25) is 0 Å². The molecule has 2 amide bonds. The maximum Gasteiger partial charge on any atom is 0.242 e. The zero-order valence-electron chi connectivity index (χ0n) is 8.22. The summed E-state index contributed by atoms with van der Waals surface area (Å²) in [5, 5.41) is 2.38. The monoisotopic (exact) mass is 201 g/mol. The Labute approximate surface area is 82.6 Å². The number of hydrogen-bond donors (Lipinski definition) is 1. The van der Waals surface area contributed by atoms with Gasteiger partial charge in [-0.1, -0.05) is 13.8 Å². The summed E-state index contributed by atoms with van der Waals surface area (Å²) in [6, 6.07) is 0. The van der Waals surface area contributed by atoms with Crippen LogP contribution < -0.4 is 5.32 Å². The fourth-order valence-electron chi connectivity index (χ4n) is 1.52. The molecule has 1 heterocycles. The second-order valence-electron chi connectivity index (χ2n) is 3.99. The number of imide groups is 1. The first-order valence-corrected chi connectivity index (χ1v) is 5.41. The third kappa shape index (κ3) is 2.46. The van der Waals surface area contributed by atoms with Gasteiger partial charge in [-0.3, -0.25) is 14.9 Å². The predicted molar refractivity (Wildman–Crippen MR) is 53.5 cm³/mol. The zero-order chi connectivity index (χ0) is 10.1. The number of nitrogens with one attached hydrogen (secondary N) is 1. The first kappa shape index (κ1) is 10.6. The van der Waals surface area contributed by atoms with Gasteiger partial charge in [0.15, 0.2) is 0 Å². The van der Waals surface area contributed by atoms with Crippen LogP contribution in [0.1, 0.15) is 27.2 Å². The van der Waals surface area contributed by atoms with Gasteiger partial charge in [-0.05, 0) is 19.3 Å². The highest BCUT2D eigenvalue weighted by Crippen LogP contribution is 2.34. The van der Waals surface area contributed by atoms with Gasteiger partial charge in [0, 0.05) is 0 Å². The van der Waals surface area contributed by atoms with Crippen molar-refractivity contribution in [2.75, 3.05) is 5.75 Å². The molecule has 1 aliphatic heterocycles. The van der Waals surface area contributed by atoms with E-state index in [-0.39, 0.29) is 11.8 Å². The molecule has 1 N–H and O–H groups in total. The molecule has 1 unspecified atom stereocenters. The molecule has 1 fully saturated rings. The van der Waals surface area contributed by atoms with Crippen LogP contribution in [0.3, 0.4) is 0 Å². The van der Waals surface area contributed by atoms with E-state index in [4.69, 9.17) is 0 Å². The molecule has 1 atom stereocenters. The molecule has 4 heteroatoms. The summed E-state index contributed by atoms with van der Waals surface area (Å²) in [7, 11) is 0. The van der Waals surface area contributed by atoms with E-state index in [1.807, 2.05) is 6.92 Å². The van der Waals surface area contributed by atoms with E-state index in [9.17, 15) is 9.59 Å². The molecule has 0 aromatic carbocycles. The van der Waals surface area contributed by atoms with Crippen LogP contribution in [0.4, 0.5) is 0 Å². The van der Waals surface area contributed by atoms with E-state index in [0.717, 1.165) is 6.42 Å². The fourth-order valence-corrected chi connectivity index (χ4v) is 2.67. The highest BCUT2D eigenvalue weighted by atomic mass is 32.2. The van der Waals surface area contributed by atoms with Crippen LogP contribution in [0.25, 0.3) is 0 Å². The lowest BCUT2D eigenvalue weighted by atomic mass is 9.97. The van der Waals surface area contributed by atoms with Gasteiger partial charge in [-0.25, -0.2) is 0 Å². The molecule has 0 saturated carbocycles. The van der Waals surface area contributed by atoms with Crippen molar-refractivity contribution in [1.82, 2.24) is 5.32 Å². The van der Waals surface area contributed by atoms with Gasteiger partial charge in [-0.15, -0.1) is 11.8 Å². The first-order chi connectivity index (χ1) is 5.94. The van der Waals surface area contributed by atoms with Crippen LogP contribution in [-0.2, 0) is 9.59 Å². The molecule has 0 aliphatic carbocycles. The minimum Gasteiger partial charge on any atom is -0.295 e. The Balaban J connectivity index is 2.67. The van der Waals surface area contributed by atoms with Crippen molar-refractivity contribution in [1.29, 1.82) is 0 Å². The molecule has 0 aromatic rings. The molecular formula is C9H15NO2S. The fraction of sp³-hybridized carbons (Fsp3) is 0.778. The molecule has 0 spiro atoms. The van der Waals surface area contributed by atoms with E-state index in [2.05, 4.69) is 19.2 Å². The number of hydrogen-bond acceptors (Lipinski definition) is 3. The topological polar surface area (TPSA) is 46.2 Å². The lowest BCUT2D eigenvalue weighted by Crippen LogP contribution is -2.51. The largest absolute Gasteiger partial charge is 0.295 e. The number of carbonyl (C=O) groups is 2. The lowest BCUT2D eigenvalue weighted by molar-refractivity contribution is -0.131. The third-order valence-electron chi connectivity index (χ3n) is 2.05. The summed E-state index contributed by atoms with van der Waals surface area (Å²) in [5.74, 6) is 0.560. The summed E-state index contributed by atoms with van der Waals surface area (Å²) < 4.78 is -0.415. The highest BCUT2D eigenvalue weighted by Gasteiger charge is 2.39. The van der Waals surface area contributed by atoms with Crippen molar-refractivity contribution in [2.24, 2.45) is 5.92 Å². The van der Waals surface area contributed by atoms with Crippen molar-refractivity contribution in [3.8, 4) is 0 Å². The molecule has 1 aliphatic rings. The molecule has 13 heavy (non-hydrogen) atoms. The van der Waals surface area contributed by atoms with Gasteiger partial charge in [0.25, 0.3) is 0 Å². The summed E-state index contributed by atoms with van der Waals surface area (Å²) in [6.45, 7) is 6.06. The molecule has 0 radical (unpaired) electrons. The van der Waals surface area contributed by atoms with Crippen molar-refractivity contribution >= 4 is 23.6 Å². The average molecular weight is 201 g/mol. The zero-order valence-corrected chi connectivity index (χ0v) is 9.03. The van der Waals surface area contributed by atoms with Gasteiger partial charge in [0.05, 0.1) is 10.5 Å². The number of amides is 2. The standard InChI is InChI=1S/C9H15NO2S/c1-6(2)4-9(3)8(12)10-7(11)5-13-9/h6H,4-5H2,1-3H3,(H,10,11,12). The van der Waals surface area contributed by atoms with Gasteiger partial charge >= 0.3 is 0 Å². The quantitative estimate of drug-likeness (QED) is 0.682. The molecular weight excluding hydrogens is 186 g/mol. The maximum atomic E-state index is 11.5. The molecule has 0 bridgehead atoms. The third-order valence-corrected chi connectivity index (χ3v) is 3.45. The second-order valence-corrected chi connectivity index (χ2v) is 5.47.